The van der Waals surface area contributed by atoms with Crippen LogP contribution in [0.1, 0.15) is 19.3 Å². The second-order valence-electron chi connectivity index (χ2n) is 3.87. The summed E-state index contributed by atoms with van der Waals surface area (Å²) in [5.74, 6) is 0. The van der Waals surface area contributed by atoms with Gasteiger partial charge in [0.2, 0.25) is 5.56 Å². The van der Waals surface area contributed by atoms with Crippen LogP contribution >= 0.6 is 0 Å². The Hall–Kier alpha value is -1.85. The number of nitrogens with zero attached hydrogens (tertiary/aromatic N) is 2. The standard InChI is InChI=1S/C10H13N3O3/c14-10-6-8(9(7-11-10)13(15)16)12-4-2-1-3-5-12/h6-7H,1-5H2,(H,11,14). The lowest BCUT2D eigenvalue weighted by Crippen LogP contribution is -2.31. The maximum atomic E-state index is 11.2. The molecule has 0 saturated carbocycles. The topological polar surface area (TPSA) is 79.2 Å². The van der Waals surface area contributed by atoms with Crippen molar-refractivity contribution in [1.29, 1.82) is 0 Å². The first kappa shape index (κ1) is 10.7. The summed E-state index contributed by atoms with van der Waals surface area (Å²) in [4.78, 5) is 25.8. The van der Waals surface area contributed by atoms with Crippen LogP contribution in [0.2, 0.25) is 0 Å². The van der Waals surface area contributed by atoms with Gasteiger partial charge in [0, 0.05) is 19.2 Å². The molecule has 0 bridgehead atoms. The Bertz CT molecular complexity index is 449. The number of aromatic amines is 1. The van der Waals surface area contributed by atoms with Crippen molar-refractivity contribution in [1.82, 2.24) is 4.98 Å². The second-order valence-corrected chi connectivity index (χ2v) is 3.87. The van der Waals surface area contributed by atoms with Gasteiger partial charge in [-0.25, -0.2) is 0 Å². The molecule has 0 unspecified atom stereocenters. The molecule has 0 radical (unpaired) electrons. The van der Waals surface area contributed by atoms with Crippen molar-refractivity contribution >= 4 is 11.4 Å². The largest absolute Gasteiger partial charge is 0.366 e. The molecule has 0 aliphatic carbocycles. The molecule has 2 rings (SSSR count). The van der Waals surface area contributed by atoms with Gasteiger partial charge in [-0.1, -0.05) is 0 Å². The first-order valence-corrected chi connectivity index (χ1v) is 5.30. The van der Waals surface area contributed by atoms with Gasteiger partial charge in [0.25, 0.3) is 0 Å². The molecule has 1 fully saturated rings. The average Bonchev–Trinajstić information content (AvgIpc) is 2.29. The van der Waals surface area contributed by atoms with Gasteiger partial charge in [0.1, 0.15) is 5.69 Å². The lowest BCUT2D eigenvalue weighted by molar-refractivity contribution is -0.384. The smallest absolute Gasteiger partial charge is 0.308 e. The number of nitrogens with one attached hydrogen (secondary N) is 1. The lowest BCUT2D eigenvalue weighted by Gasteiger charge is -2.27. The van der Waals surface area contributed by atoms with E-state index in [1.807, 2.05) is 4.90 Å². The van der Waals surface area contributed by atoms with Crippen LogP contribution in [0.3, 0.4) is 0 Å². The van der Waals surface area contributed by atoms with Gasteiger partial charge in [-0.15, -0.1) is 0 Å². The Morgan fingerprint density at radius 1 is 1.31 bits per heavy atom. The van der Waals surface area contributed by atoms with Crippen molar-refractivity contribution < 1.29 is 4.92 Å². The molecule has 6 nitrogen and oxygen atoms in total. The molecule has 0 spiro atoms. The van der Waals surface area contributed by atoms with Crippen LogP contribution in [0.5, 0.6) is 0 Å². The molecule has 1 N–H and O–H groups in total. The Labute approximate surface area is 92.0 Å². The van der Waals surface area contributed by atoms with Crippen LogP contribution in [0.4, 0.5) is 11.4 Å². The second kappa shape index (κ2) is 4.34. The van der Waals surface area contributed by atoms with Crippen LogP contribution in [-0.4, -0.2) is 23.0 Å². The van der Waals surface area contributed by atoms with Crippen LogP contribution in [0, 0.1) is 10.1 Å². The van der Waals surface area contributed by atoms with Crippen molar-refractivity contribution in [2.75, 3.05) is 18.0 Å². The van der Waals surface area contributed by atoms with E-state index in [0.29, 0.717) is 5.69 Å². The first-order chi connectivity index (χ1) is 7.68. The fourth-order valence-electron chi connectivity index (χ4n) is 1.99. The molecule has 2 heterocycles. The van der Waals surface area contributed by atoms with Gasteiger partial charge < -0.3 is 9.88 Å². The van der Waals surface area contributed by atoms with Crippen molar-refractivity contribution in [2.24, 2.45) is 0 Å². The number of hydrogen-bond acceptors (Lipinski definition) is 4. The van der Waals surface area contributed by atoms with E-state index in [1.165, 1.54) is 12.3 Å². The van der Waals surface area contributed by atoms with E-state index in [9.17, 15) is 14.9 Å². The molecule has 0 aromatic carbocycles. The summed E-state index contributed by atoms with van der Waals surface area (Å²) >= 11 is 0. The fourth-order valence-corrected chi connectivity index (χ4v) is 1.99. The summed E-state index contributed by atoms with van der Waals surface area (Å²) in [7, 11) is 0. The van der Waals surface area contributed by atoms with Gasteiger partial charge in [-0.3, -0.25) is 14.9 Å². The third-order valence-corrected chi connectivity index (χ3v) is 2.77. The minimum Gasteiger partial charge on any atom is -0.366 e. The molecule has 16 heavy (non-hydrogen) atoms. The molecule has 1 aromatic rings. The van der Waals surface area contributed by atoms with Gasteiger partial charge >= 0.3 is 5.69 Å². The third-order valence-electron chi connectivity index (χ3n) is 2.77. The fraction of sp³-hybridized carbons (Fsp3) is 0.500. The number of rotatable bonds is 2. The van der Waals surface area contributed by atoms with E-state index in [1.54, 1.807) is 0 Å². The van der Waals surface area contributed by atoms with E-state index >= 15 is 0 Å². The minimum absolute atomic E-state index is 0.0264. The highest BCUT2D eigenvalue weighted by molar-refractivity contribution is 5.61. The Morgan fingerprint density at radius 3 is 2.62 bits per heavy atom. The molecule has 1 saturated heterocycles. The van der Waals surface area contributed by atoms with E-state index in [0.717, 1.165) is 32.4 Å². The summed E-state index contributed by atoms with van der Waals surface area (Å²) < 4.78 is 0. The first-order valence-electron chi connectivity index (χ1n) is 5.30. The normalized spacial score (nSPS) is 16.1. The molecule has 1 aliphatic rings. The highest BCUT2D eigenvalue weighted by Gasteiger charge is 2.21. The van der Waals surface area contributed by atoms with Gasteiger partial charge in [0.05, 0.1) is 11.1 Å². The molecule has 6 heteroatoms. The Morgan fingerprint density at radius 2 is 2.00 bits per heavy atom. The van der Waals surface area contributed by atoms with Crippen LogP contribution in [-0.2, 0) is 0 Å². The van der Waals surface area contributed by atoms with Crippen molar-refractivity contribution in [2.45, 2.75) is 19.3 Å². The number of piperidine rings is 1. The molecule has 0 atom stereocenters. The zero-order chi connectivity index (χ0) is 11.5. The van der Waals surface area contributed by atoms with Gasteiger partial charge in [0.15, 0.2) is 0 Å². The zero-order valence-corrected chi connectivity index (χ0v) is 8.81. The summed E-state index contributed by atoms with van der Waals surface area (Å²) in [5, 5.41) is 10.8. The zero-order valence-electron chi connectivity index (χ0n) is 8.81. The third kappa shape index (κ3) is 2.05. The average molecular weight is 223 g/mol. The minimum atomic E-state index is -0.458. The number of H-pyrrole nitrogens is 1. The Balaban J connectivity index is 2.40. The summed E-state index contributed by atoms with van der Waals surface area (Å²) in [6.07, 6.45) is 4.35. The summed E-state index contributed by atoms with van der Waals surface area (Å²) in [5.41, 5.74) is 0.112. The molecule has 86 valence electrons. The summed E-state index contributed by atoms with van der Waals surface area (Å²) in [6.45, 7) is 1.56. The van der Waals surface area contributed by atoms with Crippen LogP contribution in [0.15, 0.2) is 17.1 Å². The number of anilines is 1. The predicted octanol–water partition coefficient (Wildman–Crippen LogP) is 1.27. The monoisotopic (exact) mass is 223 g/mol. The maximum absolute atomic E-state index is 11.2. The van der Waals surface area contributed by atoms with Gasteiger partial charge in [-0.2, -0.15) is 0 Å². The predicted molar refractivity (Wildman–Crippen MR) is 59.8 cm³/mol. The number of nitro groups is 1. The molecular weight excluding hydrogens is 210 g/mol. The van der Waals surface area contributed by atoms with E-state index in [-0.39, 0.29) is 11.2 Å². The van der Waals surface area contributed by atoms with Crippen LogP contribution < -0.4 is 10.5 Å². The van der Waals surface area contributed by atoms with E-state index in [4.69, 9.17) is 0 Å². The number of hydrogen-bond donors (Lipinski definition) is 1. The Kier molecular flexibility index (Phi) is 2.89. The molecular formula is C10H13N3O3. The quantitative estimate of drug-likeness (QED) is 0.605. The number of pyridine rings is 1. The van der Waals surface area contributed by atoms with Crippen molar-refractivity contribution in [3.8, 4) is 0 Å². The molecule has 1 aliphatic heterocycles. The van der Waals surface area contributed by atoms with Crippen molar-refractivity contribution in [3.05, 3.63) is 32.7 Å². The maximum Gasteiger partial charge on any atom is 0.308 e. The van der Waals surface area contributed by atoms with Crippen LogP contribution in [0.25, 0.3) is 0 Å². The summed E-state index contributed by atoms with van der Waals surface area (Å²) in [6, 6.07) is 1.31. The highest BCUT2D eigenvalue weighted by Crippen LogP contribution is 2.27. The lowest BCUT2D eigenvalue weighted by atomic mass is 10.1. The molecule has 0 amide bonds. The van der Waals surface area contributed by atoms with E-state index in [2.05, 4.69) is 4.98 Å². The highest BCUT2D eigenvalue weighted by atomic mass is 16.6. The van der Waals surface area contributed by atoms with E-state index < -0.39 is 4.92 Å². The molecule has 1 aromatic heterocycles. The number of aromatic nitrogens is 1. The van der Waals surface area contributed by atoms with Crippen molar-refractivity contribution in [3.63, 3.8) is 0 Å². The SMILES string of the molecule is O=c1cc(N2CCCCC2)c([N+](=O)[O-])c[nH]1. The van der Waals surface area contributed by atoms with Gasteiger partial charge in [-0.05, 0) is 19.3 Å².